The highest BCUT2D eigenvalue weighted by atomic mass is 79.9. The standard InChI is InChI=1S/C13H20BrN3/c1-3-4-5-8-17(2)12-7-6-10(14)9-11(12)13(15)16/h6-7,9H,3-5,8H2,1-2H3,(H3,15,16). The third-order valence-electron chi connectivity index (χ3n) is 2.76. The molecule has 0 atom stereocenters. The van der Waals surface area contributed by atoms with Crippen molar-refractivity contribution in [3.8, 4) is 0 Å². The van der Waals surface area contributed by atoms with Crippen molar-refractivity contribution in [2.75, 3.05) is 18.5 Å². The molecule has 0 heterocycles. The van der Waals surface area contributed by atoms with Gasteiger partial charge < -0.3 is 10.6 Å². The molecule has 0 fully saturated rings. The van der Waals surface area contributed by atoms with Crippen molar-refractivity contribution in [3.05, 3.63) is 28.2 Å². The third-order valence-corrected chi connectivity index (χ3v) is 3.25. The van der Waals surface area contributed by atoms with Crippen LogP contribution in [0.25, 0.3) is 0 Å². The van der Waals surface area contributed by atoms with Crippen molar-refractivity contribution in [1.29, 1.82) is 5.41 Å². The number of hydrogen-bond acceptors (Lipinski definition) is 2. The summed E-state index contributed by atoms with van der Waals surface area (Å²) in [7, 11) is 2.05. The Kier molecular flexibility index (Phi) is 5.48. The summed E-state index contributed by atoms with van der Waals surface area (Å²) in [5, 5.41) is 7.61. The summed E-state index contributed by atoms with van der Waals surface area (Å²) >= 11 is 3.41. The molecule has 0 aliphatic rings. The van der Waals surface area contributed by atoms with Gasteiger partial charge in [0.1, 0.15) is 5.84 Å². The molecule has 1 aromatic carbocycles. The molecule has 0 saturated carbocycles. The molecule has 4 heteroatoms. The van der Waals surface area contributed by atoms with E-state index in [4.69, 9.17) is 11.1 Å². The lowest BCUT2D eigenvalue weighted by molar-refractivity contribution is 0.705. The van der Waals surface area contributed by atoms with E-state index in [9.17, 15) is 0 Å². The summed E-state index contributed by atoms with van der Waals surface area (Å²) in [6, 6.07) is 5.89. The highest BCUT2D eigenvalue weighted by molar-refractivity contribution is 9.10. The van der Waals surface area contributed by atoms with Crippen LogP contribution < -0.4 is 10.6 Å². The summed E-state index contributed by atoms with van der Waals surface area (Å²) in [4.78, 5) is 2.17. The van der Waals surface area contributed by atoms with Crippen molar-refractivity contribution in [1.82, 2.24) is 0 Å². The molecule has 0 aromatic heterocycles. The van der Waals surface area contributed by atoms with E-state index in [0.717, 1.165) is 22.3 Å². The normalized spacial score (nSPS) is 10.3. The quantitative estimate of drug-likeness (QED) is 0.480. The lowest BCUT2D eigenvalue weighted by Gasteiger charge is -2.22. The number of hydrogen-bond donors (Lipinski definition) is 2. The van der Waals surface area contributed by atoms with Crippen LogP contribution in [0.1, 0.15) is 31.7 Å². The zero-order valence-electron chi connectivity index (χ0n) is 10.5. The van der Waals surface area contributed by atoms with Gasteiger partial charge in [0.15, 0.2) is 0 Å². The Bertz CT molecular complexity index is 390. The van der Waals surface area contributed by atoms with Crippen molar-refractivity contribution >= 4 is 27.5 Å². The molecule has 0 saturated heterocycles. The van der Waals surface area contributed by atoms with Gasteiger partial charge in [0.2, 0.25) is 0 Å². The maximum absolute atomic E-state index is 7.61. The molecule has 3 N–H and O–H groups in total. The maximum Gasteiger partial charge on any atom is 0.124 e. The van der Waals surface area contributed by atoms with Gasteiger partial charge >= 0.3 is 0 Å². The first-order valence-electron chi connectivity index (χ1n) is 5.91. The Morgan fingerprint density at radius 2 is 2.12 bits per heavy atom. The van der Waals surface area contributed by atoms with Crippen LogP contribution >= 0.6 is 15.9 Å². The molecule has 94 valence electrons. The summed E-state index contributed by atoms with van der Waals surface area (Å²) in [6.45, 7) is 3.19. The SMILES string of the molecule is CCCCCN(C)c1ccc(Br)cc1C(=N)N. The van der Waals surface area contributed by atoms with Gasteiger partial charge in [-0.2, -0.15) is 0 Å². The van der Waals surface area contributed by atoms with E-state index in [1.807, 2.05) is 25.2 Å². The fourth-order valence-electron chi connectivity index (χ4n) is 1.78. The summed E-state index contributed by atoms with van der Waals surface area (Å²) in [5.41, 5.74) is 7.43. The van der Waals surface area contributed by atoms with Gasteiger partial charge in [-0.15, -0.1) is 0 Å². The number of anilines is 1. The monoisotopic (exact) mass is 297 g/mol. The molecule has 17 heavy (non-hydrogen) atoms. The van der Waals surface area contributed by atoms with Crippen molar-refractivity contribution in [2.45, 2.75) is 26.2 Å². The molecule has 0 aliphatic heterocycles. The Balaban J connectivity index is 2.84. The van der Waals surface area contributed by atoms with E-state index in [1.165, 1.54) is 19.3 Å². The van der Waals surface area contributed by atoms with Gasteiger partial charge in [-0.1, -0.05) is 35.7 Å². The number of halogens is 1. The minimum absolute atomic E-state index is 0.114. The number of nitrogens with one attached hydrogen (secondary N) is 1. The fraction of sp³-hybridized carbons (Fsp3) is 0.462. The van der Waals surface area contributed by atoms with Crippen molar-refractivity contribution in [2.24, 2.45) is 5.73 Å². The summed E-state index contributed by atoms with van der Waals surface area (Å²) < 4.78 is 0.952. The van der Waals surface area contributed by atoms with Crippen LogP contribution in [-0.2, 0) is 0 Å². The van der Waals surface area contributed by atoms with Crippen molar-refractivity contribution in [3.63, 3.8) is 0 Å². The van der Waals surface area contributed by atoms with Crippen LogP contribution in [0.4, 0.5) is 5.69 Å². The number of benzene rings is 1. The molecule has 0 spiro atoms. The average molecular weight is 298 g/mol. The number of amidine groups is 1. The molecular formula is C13H20BrN3. The third kappa shape index (κ3) is 4.04. The molecule has 1 aromatic rings. The van der Waals surface area contributed by atoms with Gasteiger partial charge in [-0.3, -0.25) is 5.41 Å². The van der Waals surface area contributed by atoms with Crippen LogP contribution in [0.15, 0.2) is 22.7 Å². The maximum atomic E-state index is 7.61. The van der Waals surface area contributed by atoms with Gasteiger partial charge in [-0.25, -0.2) is 0 Å². The molecule has 0 bridgehead atoms. The zero-order chi connectivity index (χ0) is 12.8. The van der Waals surface area contributed by atoms with E-state index < -0.39 is 0 Å². The van der Waals surface area contributed by atoms with Gasteiger partial charge in [0.05, 0.1) is 0 Å². The van der Waals surface area contributed by atoms with Crippen molar-refractivity contribution < 1.29 is 0 Å². The summed E-state index contributed by atoms with van der Waals surface area (Å²) in [5.74, 6) is 0.114. The fourth-order valence-corrected chi connectivity index (χ4v) is 2.14. The summed E-state index contributed by atoms with van der Waals surface area (Å²) in [6.07, 6.45) is 3.62. The number of rotatable bonds is 6. The number of nitrogens with zero attached hydrogens (tertiary/aromatic N) is 1. The molecule has 0 aliphatic carbocycles. The Hall–Kier alpha value is -1.03. The highest BCUT2D eigenvalue weighted by Crippen LogP contribution is 2.23. The zero-order valence-corrected chi connectivity index (χ0v) is 12.0. The molecule has 0 unspecified atom stereocenters. The van der Waals surface area contributed by atoms with Crippen LogP contribution in [0, 0.1) is 5.41 Å². The predicted molar refractivity (Wildman–Crippen MR) is 78.0 cm³/mol. The second-order valence-corrected chi connectivity index (χ2v) is 5.12. The van der Waals surface area contributed by atoms with E-state index in [0.29, 0.717) is 0 Å². The number of nitrogens with two attached hydrogens (primary N) is 1. The van der Waals surface area contributed by atoms with E-state index in [2.05, 4.69) is 27.8 Å². The van der Waals surface area contributed by atoms with Gasteiger partial charge in [0, 0.05) is 29.3 Å². The first-order chi connectivity index (χ1) is 8.06. The van der Waals surface area contributed by atoms with E-state index in [1.54, 1.807) is 0 Å². The first-order valence-corrected chi connectivity index (χ1v) is 6.70. The second-order valence-electron chi connectivity index (χ2n) is 4.20. The van der Waals surface area contributed by atoms with E-state index in [-0.39, 0.29) is 5.84 Å². The van der Waals surface area contributed by atoms with Crippen LogP contribution in [-0.4, -0.2) is 19.4 Å². The number of nitrogen functional groups attached to an aromatic ring is 1. The molecular weight excluding hydrogens is 278 g/mol. The Morgan fingerprint density at radius 3 is 2.71 bits per heavy atom. The predicted octanol–water partition coefficient (Wildman–Crippen LogP) is 3.36. The largest absolute Gasteiger partial charge is 0.384 e. The van der Waals surface area contributed by atoms with Crippen LogP contribution in [0.3, 0.4) is 0 Å². The molecule has 0 amide bonds. The second kappa shape index (κ2) is 6.64. The highest BCUT2D eigenvalue weighted by Gasteiger charge is 2.09. The Morgan fingerprint density at radius 1 is 1.41 bits per heavy atom. The molecule has 0 radical (unpaired) electrons. The minimum Gasteiger partial charge on any atom is -0.384 e. The van der Waals surface area contributed by atoms with E-state index >= 15 is 0 Å². The molecule has 1 rings (SSSR count). The average Bonchev–Trinajstić information content (AvgIpc) is 2.29. The number of unbranched alkanes of at least 4 members (excludes halogenated alkanes) is 2. The van der Waals surface area contributed by atoms with Gasteiger partial charge in [0.25, 0.3) is 0 Å². The minimum atomic E-state index is 0.114. The topological polar surface area (TPSA) is 53.1 Å². The lowest BCUT2D eigenvalue weighted by Crippen LogP contribution is -2.23. The van der Waals surface area contributed by atoms with Crippen LogP contribution in [0.2, 0.25) is 0 Å². The smallest absolute Gasteiger partial charge is 0.124 e. The Labute approximate surface area is 112 Å². The van der Waals surface area contributed by atoms with Crippen LogP contribution in [0.5, 0.6) is 0 Å². The molecule has 3 nitrogen and oxygen atoms in total. The van der Waals surface area contributed by atoms with Gasteiger partial charge in [-0.05, 0) is 24.6 Å². The first kappa shape index (κ1) is 14.0. The lowest BCUT2D eigenvalue weighted by atomic mass is 10.1.